The number of hydrogen-bond acceptors (Lipinski definition) is 2. The number of hydrogen-bond donors (Lipinski definition) is 2. The van der Waals surface area contributed by atoms with Crippen LogP contribution in [0.1, 0.15) is 22.8 Å². The summed E-state index contributed by atoms with van der Waals surface area (Å²) in [4.78, 5) is 26.9. The van der Waals surface area contributed by atoms with E-state index in [2.05, 4.69) is 32.9 Å². The number of nitrogens with one attached hydrogen (secondary N) is 2. The van der Waals surface area contributed by atoms with Gasteiger partial charge in [0.25, 0.3) is 5.91 Å². The molecule has 0 bridgehead atoms. The van der Waals surface area contributed by atoms with Crippen LogP contribution in [0.5, 0.6) is 0 Å². The Hall–Kier alpha value is -2.15. The molecule has 0 fully saturated rings. The van der Waals surface area contributed by atoms with Gasteiger partial charge in [-0.1, -0.05) is 25.1 Å². The van der Waals surface area contributed by atoms with E-state index in [0.29, 0.717) is 11.3 Å². The van der Waals surface area contributed by atoms with E-state index < -0.39 is 0 Å². The lowest BCUT2D eigenvalue weighted by Crippen LogP contribution is -2.13. The molecule has 1 heterocycles. The number of amides is 1. The SMILES string of the molecule is CCc1cc(=O)[nH]c2cc(NC(=O)c3ccccc3I)ccc12. The zero-order valence-corrected chi connectivity index (χ0v) is 14.7. The molecular formula is C18H15IN2O2. The van der Waals surface area contributed by atoms with E-state index in [-0.39, 0.29) is 11.5 Å². The van der Waals surface area contributed by atoms with Crippen molar-refractivity contribution in [1.29, 1.82) is 0 Å². The maximum atomic E-state index is 12.4. The Morgan fingerprint density at radius 3 is 2.70 bits per heavy atom. The normalized spacial score (nSPS) is 10.7. The van der Waals surface area contributed by atoms with Crippen LogP contribution in [0.15, 0.2) is 53.3 Å². The summed E-state index contributed by atoms with van der Waals surface area (Å²) < 4.78 is 0.894. The van der Waals surface area contributed by atoms with E-state index in [1.54, 1.807) is 18.2 Å². The molecule has 4 nitrogen and oxygen atoms in total. The number of aryl methyl sites for hydroxylation is 1. The summed E-state index contributed by atoms with van der Waals surface area (Å²) in [5.41, 5.74) is 2.89. The van der Waals surface area contributed by atoms with Crippen LogP contribution in [-0.4, -0.2) is 10.9 Å². The van der Waals surface area contributed by atoms with Crippen LogP contribution >= 0.6 is 22.6 Å². The molecule has 0 atom stereocenters. The molecule has 0 aliphatic heterocycles. The molecular weight excluding hydrogens is 403 g/mol. The predicted molar refractivity (Wildman–Crippen MR) is 101 cm³/mol. The summed E-state index contributed by atoms with van der Waals surface area (Å²) in [6, 6.07) is 14.6. The highest BCUT2D eigenvalue weighted by Crippen LogP contribution is 2.21. The number of anilines is 1. The fourth-order valence-corrected chi connectivity index (χ4v) is 3.18. The molecule has 3 aromatic rings. The molecule has 23 heavy (non-hydrogen) atoms. The second-order valence-corrected chi connectivity index (χ2v) is 6.37. The molecule has 0 spiro atoms. The maximum absolute atomic E-state index is 12.4. The van der Waals surface area contributed by atoms with Crippen LogP contribution in [0.2, 0.25) is 0 Å². The summed E-state index contributed by atoms with van der Waals surface area (Å²) >= 11 is 2.14. The second-order valence-electron chi connectivity index (χ2n) is 5.21. The Balaban J connectivity index is 1.97. The largest absolute Gasteiger partial charge is 0.322 e. The predicted octanol–water partition coefficient (Wildman–Crippen LogP) is 3.95. The first-order chi connectivity index (χ1) is 11.1. The Kier molecular flexibility index (Phi) is 4.47. The average Bonchev–Trinajstić information content (AvgIpc) is 2.54. The smallest absolute Gasteiger partial charge is 0.256 e. The Morgan fingerprint density at radius 2 is 1.96 bits per heavy atom. The number of carbonyl (C=O) groups excluding carboxylic acids is 1. The summed E-state index contributed by atoms with van der Waals surface area (Å²) in [6.45, 7) is 2.02. The first-order valence-electron chi connectivity index (χ1n) is 7.30. The standard InChI is InChI=1S/C18H15IN2O2/c1-2-11-9-17(22)21-16-10-12(7-8-13(11)16)20-18(23)14-5-3-4-6-15(14)19/h3-10H,2H2,1H3,(H,20,23)(H,21,22). The number of benzene rings is 2. The van der Waals surface area contributed by atoms with Crippen LogP contribution in [-0.2, 0) is 6.42 Å². The summed E-state index contributed by atoms with van der Waals surface area (Å²) in [5.74, 6) is -0.164. The molecule has 0 saturated heterocycles. The fourth-order valence-electron chi connectivity index (χ4n) is 2.55. The van der Waals surface area contributed by atoms with Crippen molar-refractivity contribution in [3.63, 3.8) is 0 Å². The van der Waals surface area contributed by atoms with Gasteiger partial charge in [-0.05, 0) is 58.8 Å². The highest BCUT2D eigenvalue weighted by atomic mass is 127. The number of aromatic amines is 1. The Bertz CT molecular complexity index is 947. The number of H-pyrrole nitrogens is 1. The van der Waals surface area contributed by atoms with Gasteiger partial charge in [-0.3, -0.25) is 9.59 Å². The zero-order valence-electron chi connectivity index (χ0n) is 12.5. The van der Waals surface area contributed by atoms with Crippen molar-refractivity contribution in [3.05, 3.63) is 73.6 Å². The molecule has 0 aliphatic rings. The first-order valence-corrected chi connectivity index (χ1v) is 8.38. The quantitative estimate of drug-likeness (QED) is 0.633. The minimum atomic E-state index is -0.164. The molecule has 3 rings (SSSR count). The van der Waals surface area contributed by atoms with Gasteiger partial charge < -0.3 is 10.3 Å². The minimum absolute atomic E-state index is 0.129. The van der Waals surface area contributed by atoms with Gasteiger partial charge in [-0.25, -0.2) is 0 Å². The second kappa shape index (κ2) is 6.54. The molecule has 0 saturated carbocycles. The number of pyridine rings is 1. The highest BCUT2D eigenvalue weighted by Gasteiger charge is 2.10. The molecule has 1 aromatic heterocycles. The van der Waals surface area contributed by atoms with E-state index in [4.69, 9.17) is 0 Å². The number of aromatic nitrogens is 1. The van der Waals surface area contributed by atoms with E-state index in [9.17, 15) is 9.59 Å². The van der Waals surface area contributed by atoms with E-state index in [1.165, 1.54) is 0 Å². The van der Waals surface area contributed by atoms with Crippen molar-refractivity contribution in [2.75, 3.05) is 5.32 Å². The lowest BCUT2D eigenvalue weighted by Gasteiger charge is -2.09. The average molecular weight is 418 g/mol. The molecule has 2 aromatic carbocycles. The van der Waals surface area contributed by atoms with Crippen molar-refractivity contribution in [3.8, 4) is 0 Å². The molecule has 2 N–H and O–H groups in total. The van der Waals surface area contributed by atoms with E-state index >= 15 is 0 Å². The summed E-state index contributed by atoms with van der Waals surface area (Å²) in [5, 5.41) is 3.88. The summed E-state index contributed by atoms with van der Waals surface area (Å²) in [7, 11) is 0. The van der Waals surface area contributed by atoms with Crippen LogP contribution in [0.3, 0.4) is 0 Å². The summed E-state index contributed by atoms with van der Waals surface area (Å²) in [6.07, 6.45) is 0.786. The van der Waals surface area contributed by atoms with Gasteiger partial charge in [0, 0.05) is 20.7 Å². The van der Waals surface area contributed by atoms with Gasteiger partial charge >= 0.3 is 0 Å². The number of carbonyl (C=O) groups is 1. The molecule has 0 radical (unpaired) electrons. The third kappa shape index (κ3) is 3.29. The van der Waals surface area contributed by atoms with Crippen molar-refractivity contribution in [2.24, 2.45) is 0 Å². The molecule has 0 unspecified atom stereocenters. The van der Waals surface area contributed by atoms with Crippen LogP contribution in [0.25, 0.3) is 10.9 Å². The van der Waals surface area contributed by atoms with Gasteiger partial charge in [0.15, 0.2) is 0 Å². The lowest BCUT2D eigenvalue weighted by molar-refractivity contribution is 0.102. The van der Waals surface area contributed by atoms with E-state index in [0.717, 1.165) is 26.5 Å². The van der Waals surface area contributed by atoms with Crippen LogP contribution < -0.4 is 10.9 Å². The van der Waals surface area contributed by atoms with Gasteiger partial charge in [0.05, 0.1) is 11.1 Å². The lowest BCUT2D eigenvalue weighted by atomic mass is 10.1. The Morgan fingerprint density at radius 1 is 1.17 bits per heavy atom. The molecule has 0 aliphatic carbocycles. The topological polar surface area (TPSA) is 62.0 Å². The van der Waals surface area contributed by atoms with Gasteiger partial charge in [0.1, 0.15) is 0 Å². The third-order valence-corrected chi connectivity index (χ3v) is 4.63. The fraction of sp³-hybridized carbons (Fsp3) is 0.111. The van der Waals surface area contributed by atoms with Crippen LogP contribution in [0, 0.1) is 3.57 Å². The molecule has 5 heteroatoms. The van der Waals surface area contributed by atoms with E-state index in [1.807, 2.05) is 37.3 Å². The van der Waals surface area contributed by atoms with Crippen molar-refractivity contribution in [2.45, 2.75) is 13.3 Å². The van der Waals surface area contributed by atoms with Crippen LogP contribution in [0.4, 0.5) is 5.69 Å². The highest BCUT2D eigenvalue weighted by molar-refractivity contribution is 14.1. The molecule has 116 valence electrons. The number of rotatable bonds is 3. The van der Waals surface area contributed by atoms with Crippen molar-refractivity contribution in [1.82, 2.24) is 4.98 Å². The Labute approximate surface area is 147 Å². The van der Waals surface area contributed by atoms with Gasteiger partial charge in [-0.15, -0.1) is 0 Å². The first kappa shape index (κ1) is 15.7. The number of fused-ring (bicyclic) bond motifs is 1. The molecule has 1 amide bonds. The number of halogens is 1. The zero-order chi connectivity index (χ0) is 16.4. The maximum Gasteiger partial charge on any atom is 0.256 e. The van der Waals surface area contributed by atoms with Crippen molar-refractivity contribution >= 4 is 45.1 Å². The van der Waals surface area contributed by atoms with Crippen molar-refractivity contribution < 1.29 is 4.79 Å². The minimum Gasteiger partial charge on any atom is -0.322 e. The van der Waals surface area contributed by atoms with Gasteiger partial charge in [-0.2, -0.15) is 0 Å². The van der Waals surface area contributed by atoms with Gasteiger partial charge in [0.2, 0.25) is 5.56 Å². The monoisotopic (exact) mass is 418 g/mol. The third-order valence-electron chi connectivity index (χ3n) is 3.69.